The minimum atomic E-state index is -0.846. The molecule has 398 valence electrons. The average Bonchev–Trinajstić information content (AvgIpc) is 3.37. The number of rotatable bonds is 25. The lowest BCUT2D eigenvalue weighted by Crippen LogP contribution is -2.61. The molecular formula is C61H86N2O10+2. The number of hydrogen-bond acceptors (Lipinski definition) is 8. The number of phenolic OH excluding ortho intramolecular Hbond substituents is 1. The number of nitrogens with zero attached hydrogens (tertiary/aromatic N) is 2. The molecule has 12 nitrogen and oxygen atoms in total. The Morgan fingerprint density at radius 3 is 1.60 bits per heavy atom. The molecule has 0 radical (unpaired) electrons. The van der Waals surface area contributed by atoms with Gasteiger partial charge in [-0.2, -0.15) is 0 Å². The first-order chi connectivity index (χ1) is 35.3. The van der Waals surface area contributed by atoms with Crippen molar-refractivity contribution < 1.29 is 57.6 Å². The van der Waals surface area contributed by atoms with E-state index in [9.17, 15) is 24.9 Å². The molecule has 4 heterocycles. The maximum atomic E-state index is 13.8. The second-order valence-corrected chi connectivity index (χ2v) is 21.7. The Morgan fingerprint density at radius 1 is 0.575 bits per heavy atom. The van der Waals surface area contributed by atoms with Crippen molar-refractivity contribution in [2.24, 2.45) is 0 Å². The normalized spacial score (nSPS) is 20.9. The van der Waals surface area contributed by atoms with Gasteiger partial charge in [0.1, 0.15) is 17.8 Å². The van der Waals surface area contributed by atoms with E-state index in [1.807, 2.05) is 48.5 Å². The van der Waals surface area contributed by atoms with Gasteiger partial charge in [0, 0.05) is 44.1 Å². The first kappa shape index (κ1) is 55.3. The number of phenols is 1. The monoisotopic (exact) mass is 1010 g/mol. The van der Waals surface area contributed by atoms with Gasteiger partial charge in [-0.3, -0.25) is 0 Å². The zero-order valence-electron chi connectivity index (χ0n) is 45.1. The van der Waals surface area contributed by atoms with E-state index in [1.54, 1.807) is 14.2 Å². The summed E-state index contributed by atoms with van der Waals surface area (Å²) in [6.45, 7) is 5.61. The Kier molecular flexibility index (Phi) is 19.4. The molecule has 3 N–H and O–H groups in total. The molecule has 4 aliphatic heterocycles. The highest BCUT2D eigenvalue weighted by molar-refractivity contribution is 5.73. The van der Waals surface area contributed by atoms with Crippen LogP contribution in [0, 0.1) is 0 Å². The van der Waals surface area contributed by atoms with Gasteiger partial charge >= 0.3 is 11.9 Å². The SMILES string of the molecule is CCCCCCCCCCC(C(=O)O)[N+]1(C)CCc2cc(OC)c3cc2C1Cc1ccc(cc1)Oc1cc(ccc1OC)CC1c2c(cc(OC)c(O)c2O3)CC[N+]1(C)C(CCCCCCCCCC)C(=O)O. The summed E-state index contributed by atoms with van der Waals surface area (Å²) in [5, 5.41) is 34.9. The predicted octanol–water partition coefficient (Wildman–Crippen LogP) is 13.9. The summed E-state index contributed by atoms with van der Waals surface area (Å²) in [5.41, 5.74) is 5.59. The zero-order chi connectivity index (χ0) is 52.1. The minimum Gasteiger partial charge on any atom is -0.502 e. The van der Waals surface area contributed by atoms with E-state index in [4.69, 9.17) is 23.7 Å². The molecule has 6 atom stereocenters. The van der Waals surface area contributed by atoms with E-state index in [2.05, 4.69) is 40.1 Å². The zero-order valence-corrected chi connectivity index (χ0v) is 45.1. The van der Waals surface area contributed by atoms with E-state index in [1.165, 1.54) is 64.9 Å². The molecule has 8 rings (SSSR count). The van der Waals surface area contributed by atoms with Gasteiger partial charge in [-0.05, 0) is 77.6 Å². The number of unbranched alkanes of at least 4 members (excludes halogenated alkanes) is 14. The number of benzene rings is 4. The van der Waals surface area contributed by atoms with Crippen molar-refractivity contribution in [1.82, 2.24) is 0 Å². The molecule has 0 spiro atoms. The van der Waals surface area contributed by atoms with Crippen molar-refractivity contribution in [2.45, 2.75) is 179 Å². The third kappa shape index (κ3) is 12.7. The molecule has 12 heteroatoms. The summed E-state index contributed by atoms with van der Waals surface area (Å²) in [6.07, 6.45) is 21.1. The summed E-state index contributed by atoms with van der Waals surface area (Å²) in [7, 11) is 8.94. The third-order valence-corrected chi connectivity index (χ3v) is 16.9. The fraction of sp³-hybridized carbons (Fsp3) is 0.574. The van der Waals surface area contributed by atoms with Crippen LogP contribution in [-0.2, 0) is 35.3 Å². The maximum absolute atomic E-state index is 13.8. The average molecular weight is 1010 g/mol. The smallest absolute Gasteiger partial charge is 0.362 e. The summed E-state index contributed by atoms with van der Waals surface area (Å²) in [6, 6.07) is 17.7. The van der Waals surface area contributed by atoms with Gasteiger partial charge in [0.25, 0.3) is 0 Å². The second-order valence-electron chi connectivity index (χ2n) is 21.7. The molecule has 0 amide bonds. The second kappa shape index (κ2) is 25.7. The van der Waals surface area contributed by atoms with Crippen LogP contribution in [0.2, 0.25) is 0 Å². The number of ether oxygens (including phenoxy) is 5. The topological polar surface area (TPSA) is 141 Å². The van der Waals surface area contributed by atoms with E-state index in [-0.39, 0.29) is 27.8 Å². The summed E-state index contributed by atoms with van der Waals surface area (Å²) >= 11 is 0. The first-order valence-electron chi connectivity index (χ1n) is 27.7. The van der Waals surface area contributed by atoms with Crippen LogP contribution in [-0.4, -0.2) is 96.8 Å². The Labute approximate surface area is 435 Å². The Bertz CT molecular complexity index is 2470. The van der Waals surface area contributed by atoms with Crippen LogP contribution < -0.4 is 23.7 Å². The largest absolute Gasteiger partial charge is 0.502 e. The number of methoxy groups -OCH3 is 3. The number of carboxylic acid groups (broad SMARTS) is 2. The predicted molar refractivity (Wildman–Crippen MR) is 287 cm³/mol. The van der Waals surface area contributed by atoms with E-state index >= 15 is 0 Å². The first-order valence-corrected chi connectivity index (χ1v) is 27.7. The molecule has 0 saturated heterocycles. The fourth-order valence-electron chi connectivity index (χ4n) is 12.5. The van der Waals surface area contributed by atoms with Crippen molar-refractivity contribution in [1.29, 1.82) is 0 Å². The van der Waals surface area contributed by atoms with Crippen LogP contribution in [0.1, 0.15) is 175 Å². The molecule has 0 fully saturated rings. The highest BCUT2D eigenvalue weighted by atomic mass is 16.5. The number of quaternary nitrogens is 2. The van der Waals surface area contributed by atoms with Gasteiger partial charge in [-0.1, -0.05) is 122 Å². The molecule has 0 aliphatic carbocycles. The Hall–Kier alpha value is -5.46. The van der Waals surface area contributed by atoms with Crippen LogP contribution in [0.4, 0.5) is 0 Å². The summed E-state index contributed by atoms with van der Waals surface area (Å²) < 4.78 is 32.2. The summed E-state index contributed by atoms with van der Waals surface area (Å²) in [5.74, 6) is 1.19. The molecule has 4 aliphatic rings. The van der Waals surface area contributed by atoms with Crippen LogP contribution >= 0.6 is 0 Å². The standard InChI is InChI=1S/C61H84N2O10/c1-8-10-12-14-16-18-20-22-24-48(60(65)66)62(3)34-32-44-39-53(70-6)55-41-47(44)50(62)36-42-26-29-46(30-27-42)72-54-38-43(28-31-52(54)69-5)37-51-57-45(40-56(71-7)58(64)59(57)73-55)33-35-63(51,4)49(61(67)68)25-23-21-19-17-15-13-11-9-2/h26-31,38-41,48-51H,8-25,32-37H2,1-7H3,(H-2,64,65,66,67,68)/p+2. The molecule has 6 unspecified atom stereocenters. The number of fused-ring (bicyclic) bond motifs is 2. The number of likely N-dealkylation sites (N-methyl/N-ethyl adjacent to an activating group) is 2. The minimum absolute atomic E-state index is 0.180. The van der Waals surface area contributed by atoms with Gasteiger partial charge < -0.3 is 48.0 Å². The number of carbonyl (C=O) groups is 2. The van der Waals surface area contributed by atoms with E-state index in [0.29, 0.717) is 84.8 Å². The fourth-order valence-corrected chi connectivity index (χ4v) is 12.5. The van der Waals surface area contributed by atoms with Crippen LogP contribution in [0.25, 0.3) is 0 Å². The number of aliphatic carboxylic acids is 2. The van der Waals surface area contributed by atoms with Crippen molar-refractivity contribution >= 4 is 11.9 Å². The molecule has 4 aromatic rings. The highest BCUT2D eigenvalue weighted by Gasteiger charge is 2.51. The molecule has 0 aromatic heterocycles. The molecule has 0 saturated carbocycles. The van der Waals surface area contributed by atoms with Crippen molar-refractivity contribution in [3.05, 3.63) is 94.0 Å². The van der Waals surface area contributed by atoms with Crippen LogP contribution in [0.3, 0.4) is 0 Å². The maximum Gasteiger partial charge on any atom is 0.362 e. The lowest BCUT2D eigenvalue weighted by Gasteiger charge is -2.49. The third-order valence-electron chi connectivity index (χ3n) is 16.9. The Morgan fingerprint density at radius 2 is 1.05 bits per heavy atom. The molecular weight excluding hydrogens is 921 g/mol. The van der Waals surface area contributed by atoms with Crippen molar-refractivity contribution in [2.75, 3.05) is 48.5 Å². The summed E-state index contributed by atoms with van der Waals surface area (Å²) in [4.78, 5) is 27.4. The molecule has 73 heavy (non-hydrogen) atoms. The molecule has 6 bridgehead atoms. The van der Waals surface area contributed by atoms with E-state index < -0.39 is 30.1 Å². The lowest BCUT2D eigenvalue weighted by atomic mass is 9.83. The number of carboxylic acids is 2. The van der Waals surface area contributed by atoms with Gasteiger partial charge in [-0.15, -0.1) is 0 Å². The lowest BCUT2D eigenvalue weighted by molar-refractivity contribution is -0.956. The van der Waals surface area contributed by atoms with Crippen molar-refractivity contribution in [3.63, 3.8) is 0 Å². The molecule has 4 aromatic carbocycles. The van der Waals surface area contributed by atoms with Gasteiger partial charge in [0.15, 0.2) is 46.6 Å². The van der Waals surface area contributed by atoms with Gasteiger partial charge in [0.2, 0.25) is 5.75 Å². The van der Waals surface area contributed by atoms with Gasteiger partial charge in [0.05, 0.1) is 54.1 Å². The van der Waals surface area contributed by atoms with Crippen molar-refractivity contribution in [3.8, 4) is 46.0 Å². The Balaban J connectivity index is 1.37. The quantitative estimate of drug-likeness (QED) is 0.0434. The van der Waals surface area contributed by atoms with Crippen LogP contribution in [0.15, 0.2) is 60.7 Å². The number of aromatic hydroxyl groups is 1. The highest BCUT2D eigenvalue weighted by Crippen LogP contribution is 2.54. The van der Waals surface area contributed by atoms with E-state index in [0.717, 1.165) is 78.3 Å². The van der Waals surface area contributed by atoms with Gasteiger partial charge in [-0.25, -0.2) is 9.59 Å². The number of hydrogen-bond donors (Lipinski definition) is 3. The van der Waals surface area contributed by atoms with Crippen LogP contribution in [0.5, 0.6) is 46.0 Å².